The van der Waals surface area contributed by atoms with Crippen LogP contribution in [0.15, 0.2) is 12.5 Å². The number of nitrogens with zero attached hydrogens (tertiary/aromatic N) is 2. The topological polar surface area (TPSA) is 29.9 Å². The van der Waals surface area contributed by atoms with Gasteiger partial charge in [-0.2, -0.15) is 0 Å². The normalized spacial score (nSPS) is 28.8. The van der Waals surface area contributed by atoms with E-state index in [4.69, 9.17) is 0 Å². The summed E-state index contributed by atoms with van der Waals surface area (Å²) in [6.45, 7) is 8.90. The lowest BCUT2D eigenvalue weighted by Gasteiger charge is -2.19. The van der Waals surface area contributed by atoms with Gasteiger partial charge >= 0.3 is 0 Å². The Morgan fingerprint density at radius 2 is 2.24 bits per heavy atom. The van der Waals surface area contributed by atoms with Gasteiger partial charge in [0.05, 0.1) is 12.0 Å². The fraction of sp³-hybridized carbons (Fsp3) is 0.786. The van der Waals surface area contributed by atoms with Crippen molar-refractivity contribution in [1.82, 2.24) is 14.9 Å². The van der Waals surface area contributed by atoms with Gasteiger partial charge in [0.2, 0.25) is 0 Å². The van der Waals surface area contributed by atoms with Crippen molar-refractivity contribution in [3.05, 3.63) is 18.2 Å². The molecule has 1 N–H and O–H groups in total. The summed E-state index contributed by atoms with van der Waals surface area (Å²) < 4.78 is 2.33. The second kappa shape index (κ2) is 5.67. The smallest absolute Gasteiger partial charge is 0.0952 e. The maximum atomic E-state index is 4.49. The van der Waals surface area contributed by atoms with E-state index >= 15 is 0 Å². The molecule has 1 aliphatic rings. The molecule has 2 rings (SSSR count). The number of nitrogens with one attached hydrogen (secondary N) is 1. The summed E-state index contributed by atoms with van der Waals surface area (Å²) in [6, 6.07) is 0.664. The molecule has 96 valence electrons. The van der Waals surface area contributed by atoms with Gasteiger partial charge in [-0.05, 0) is 37.6 Å². The second-order valence-electron chi connectivity index (χ2n) is 5.47. The monoisotopic (exact) mass is 235 g/mol. The first-order chi connectivity index (χ1) is 8.22. The fourth-order valence-electron chi connectivity index (χ4n) is 2.80. The molecule has 0 radical (unpaired) electrons. The van der Waals surface area contributed by atoms with Gasteiger partial charge in [-0.1, -0.05) is 20.8 Å². The summed E-state index contributed by atoms with van der Waals surface area (Å²) in [6.07, 6.45) is 8.08. The minimum Gasteiger partial charge on any atom is -0.334 e. The quantitative estimate of drug-likeness (QED) is 0.795. The van der Waals surface area contributed by atoms with Crippen molar-refractivity contribution >= 4 is 0 Å². The molecular formula is C14H25N3. The molecule has 0 aromatic carbocycles. The summed E-state index contributed by atoms with van der Waals surface area (Å²) >= 11 is 0. The standard InChI is InChI=1S/C14H25N3/c1-4-7-15-8-13-9-17(10-16-13)14-6-5-11(2)12(14)3/h9-12,14-15H,4-8H2,1-3H3. The maximum Gasteiger partial charge on any atom is 0.0952 e. The van der Waals surface area contributed by atoms with E-state index in [0.717, 1.165) is 24.9 Å². The zero-order chi connectivity index (χ0) is 12.3. The van der Waals surface area contributed by atoms with Crippen molar-refractivity contribution in [2.75, 3.05) is 6.54 Å². The molecule has 3 atom stereocenters. The molecule has 17 heavy (non-hydrogen) atoms. The van der Waals surface area contributed by atoms with Gasteiger partial charge < -0.3 is 9.88 Å². The van der Waals surface area contributed by atoms with Gasteiger partial charge in [0.15, 0.2) is 0 Å². The molecular weight excluding hydrogens is 210 g/mol. The summed E-state index contributed by atoms with van der Waals surface area (Å²) in [5.74, 6) is 1.63. The van der Waals surface area contributed by atoms with E-state index in [1.807, 2.05) is 6.33 Å². The number of hydrogen-bond acceptors (Lipinski definition) is 2. The van der Waals surface area contributed by atoms with Crippen LogP contribution in [0.5, 0.6) is 0 Å². The van der Waals surface area contributed by atoms with E-state index in [1.54, 1.807) is 0 Å². The third kappa shape index (κ3) is 2.89. The van der Waals surface area contributed by atoms with Crippen LogP contribution in [-0.2, 0) is 6.54 Å². The van der Waals surface area contributed by atoms with Crippen LogP contribution in [-0.4, -0.2) is 16.1 Å². The van der Waals surface area contributed by atoms with Crippen LogP contribution in [0.2, 0.25) is 0 Å². The van der Waals surface area contributed by atoms with Crippen LogP contribution >= 0.6 is 0 Å². The highest BCUT2D eigenvalue weighted by Crippen LogP contribution is 2.39. The lowest BCUT2D eigenvalue weighted by Crippen LogP contribution is -2.15. The molecule has 1 saturated carbocycles. The average Bonchev–Trinajstić information content (AvgIpc) is 2.89. The number of imidazole rings is 1. The zero-order valence-electron chi connectivity index (χ0n) is 11.3. The molecule has 1 aliphatic carbocycles. The average molecular weight is 235 g/mol. The summed E-state index contributed by atoms with van der Waals surface area (Å²) in [7, 11) is 0. The Labute approximate surface area is 105 Å². The SMILES string of the molecule is CCCNCc1cn(C2CCC(C)C2C)cn1. The highest BCUT2D eigenvalue weighted by Gasteiger charge is 2.30. The minimum absolute atomic E-state index is 0.664. The Hall–Kier alpha value is -0.830. The molecule has 3 heteroatoms. The predicted octanol–water partition coefficient (Wildman–Crippen LogP) is 2.99. The highest BCUT2D eigenvalue weighted by atomic mass is 15.1. The Bertz CT molecular complexity index is 345. The van der Waals surface area contributed by atoms with E-state index in [2.05, 4.69) is 41.8 Å². The molecule has 0 amide bonds. The molecule has 0 aliphatic heterocycles. The van der Waals surface area contributed by atoms with Crippen molar-refractivity contribution in [2.24, 2.45) is 11.8 Å². The van der Waals surface area contributed by atoms with Crippen molar-refractivity contribution in [2.45, 2.75) is 52.6 Å². The Morgan fingerprint density at radius 1 is 1.41 bits per heavy atom. The molecule has 3 unspecified atom stereocenters. The second-order valence-corrected chi connectivity index (χ2v) is 5.47. The summed E-state index contributed by atoms with van der Waals surface area (Å²) in [4.78, 5) is 4.49. The molecule has 0 spiro atoms. The molecule has 0 saturated heterocycles. The minimum atomic E-state index is 0.664. The molecule has 1 heterocycles. The van der Waals surface area contributed by atoms with Crippen LogP contribution < -0.4 is 5.32 Å². The Kier molecular flexibility index (Phi) is 4.21. The number of hydrogen-bond donors (Lipinski definition) is 1. The fourth-order valence-corrected chi connectivity index (χ4v) is 2.80. The zero-order valence-corrected chi connectivity index (χ0v) is 11.3. The first-order valence-electron chi connectivity index (χ1n) is 6.95. The van der Waals surface area contributed by atoms with Crippen molar-refractivity contribution < 1.29 is 0 Å². The van der Waals surface area contributed by atoms with Gasteiger partial charge in [-0.3, -0.25) is 0 Å². The highest BCUT2D eigenvalue weighted by molar-refractivity contribution is 4.99. The van der Waals surface area contributed by atoms with Crippen LogP contribution in [0.25, 0.3) is 0 Å². The maximum absolute atomic E-state index is 4.49. The van der Waals surface area contributed by atoms with Gasteiger partial charge in [-0.15, -0.1) is 0 Å². The van der Waals surface area contributed by atoms with E-state index in [0.29, 0.717) is 6.04 Å². The predicted molar refractivity (Wildman–Crippen MR) is 70.8 cm³/mol. The first kappa shape index (κ1) is 12.6. The number of aromatic nitrogens is 2. The lowest BCUT2D eigenvalue weighted by atomic mass is 9.98. The molecule has 0 bridgehead atoms. The van der Waals surface area contributed by atoms with Gasteiger partial charge in [-0.25, -0.2) is 4.98 Å². The largest absolute Gasteiger partial charge is 0.334 e. The van der Waals surface area contributed by atoms with Crippen molar-refractivity contribution in [3.8, 4) is 0 Å². The van der Waals surface area contributed by atoms with Gasteiger partial charge in [0.25, 0.3) is 0 Å². The Balaban J connectivity index is 1.94. The van der Waals surface area contributed by atoms with E-state index in [-0.39, 0.29) is 0 Å². The Morgan fingerprint density at radius 3 is 2.88 bits per heavy atom. The van der Waals surface area contributed by atoms with Crippen molar-refractivity contribution in [3.63, 3.8) is 0 Å². The van der Waals surface area contributed by atoms with Gasteiger partial charge in [0, 0.05) is 18.8 Å². The summed E-state index contributed by atoms with van der Waals surface area (Å²) in [5.41, 5.74) is 1.17. The molecule has 1 aromatic rings. The third-order valence-corrected chi connectivity index (χ3v) is 4.19. The van der Waals surface area contributed by atoms with Crippen molar-refractivity contribution in [1.29, 1.82) is 0 Å². The van der Waals surface area contributed by atoms with Crippen LogP contribution in [0.1, 0.15) is 51.8 Å². The van der Waals surface area contributed by atoms with Crippen LogP contribution in [0.4, 0.5) is 0 Å². The molecule has 1 aromatic heterocycles. The number of rotatable bonds is 5. The lowest BCUT2D eigenvalue weighted by molar-refractivity contribution is 0.352. The molecule has 3 nitrogen and oxygen atoms in total. The van der Waals surface area contributed by atoms with E-state index in [1.165, 1.54) is 25.0 Å². The first-order valence-corrected chi connectivity index (χ1v) is 6.95. The summed E-state index contributed by atoms with van der Waals surface area (Å²) in [5, 5.41) is 3.40. The third-order valence-electron chi connectivity index (χ3n) is 4.19. The van der Waals surface area contributed by atoms with E-state index in [9.17, 15) is 0 Å². The van der Waals surface area contributed by atoms with Gasteiger partial charge in [0.1, 0.15) is 0 Å². The molecule has 1 fully saturated rings. The van der Waals surface area contributed by atoms with Crippen LogP contribution in [0.3, 0.4) is 0 Å². The van der Waals surface area contributed by atoms with E-state index < -0.39 is 0 Å². The van der Waals surface area contributed by atoms with Crippen LogP contribution in [0, 0.1) is 11.8 Å².